The zero-order chi connectivity index (χ0) is 16.3. The second-order valence-electron chi connectivity index (χ2n) is 4.34. The third kappa shape index (κ3) is 3.41. The molecule has 0 amide bonds. The summed E-state index contributed by atoms with van der Waals surface area (Å²) in [5.41, 5.74) is -0.717. The van der Waals surface area contributed by atoms with E-state index < -0.39 is 34.9 Å². The van der Waals surface area contributed by atoms with Gasteiger partial charge in [0.2, 0.25) is 0 Å². The standard InChI is InChI=1S/C15H9F5O2/c16-11-7-6-10(14(21)15(18,19)20)12(17)13(11)22-8-9-4-2-1-3-5-9/h1-7H,8H2. The highest BCUT2D eigenvalue weighted by molar-refractivity contribution is 6.00. The summed E-state index contributed by atoms with van der Waals surface area (Å²) < 4.78 is 69.4. The van der Waals surface area contributed by atoms with Gasteiger partial charge in [0.15, 0.2) is 17.4 Å². The number of benzene rings is 2. The number of rotatable bonds is 4. The molecule has 22 heavy (non-hydrogen) atoms. The molecule has 0 saturated heterocycles. The fourth-order valence-electron chi connectivity index (χ4n) is 1.72. The van der Waals surface area contributed by atoms with Crippen molar-refractivity contribution in [2.24, 2.45) is 0 Å². The lowest BCUT2D eigenvalue weighted by molar-refractivity contribution is -0.0887. The van der Waals surface area contributed by atoms with Crippen LogP contribution >= 0.6 is 0 Å². The van der Waals surface area contributed by atoms with Crippen LogP contribution in [-0.2, 0) is 6.61 Å². The molecular weight excluding hydrogens is 307 g/mol. The van der Waals surface area contributed by atoms with E-state index in [1.807, 2.05) is 0 Å². The van der Waals surface area contributed by atoms with Crippen molar-refractivity contribution in [3.63, 3.8) is 0 Å². The van der Waals surface area contributed by atoms with E-state index in [4.69, 9.17) is 4.74 Å². The first-order valence-electron chi connectivity index (χ1n) is 6.07. The van der Waals surface area contributed by atoms with Gasteiger partial charge in [-0.2, -0.15) is 13.2 Å². The van der Waals surface area contributed by atoms with Gasteiger partial charge in [0.1, 0.15) is 6.61 Å². The summed E-state index contributed by atoms with van der Waals surface area (Å²) in [5.74, 6) is -6.26. The van der Waals surface area contributed by atoms with Gasteiger partial charge in [-0.25, -0.2) is 8.78 Å². The summed E-state index contributed by atoms with van der Waals surface area (Å²) in [5, 5.41) is 0. The zero-order valence-corrected chi connectivity index (χ0v) is 11.0. The number of hydrogen-bond acceptors (Lipinski definition) is 2. The molecule has 0 fully saturated rings. The van der Waals surface area contributed by atoms with Crippen molar-refractivity contribution in [3.05, 3.63) is 65.2 Å². The van der Waals surface area contributed by atoms with Crippen LogP contribution in [0.4, 0.5) is 22.0 Å². The molecule has 2 aromatic carbocycles. The number of alkyl halides is 3. The molecule has 0 aromatic heterocycles. The Labute approximate surface area is 122 Å². The Morgan fingerprint density at radius 2 is 1.64 bits per heavy atom. The number of carbonyl (C=O) groups excluding carboxylic acids is 1. The smallest absolute Gasteiger partial charge is 0.454 e. The van der Waals surface area contributed by atoms with E-state index in [1.165, 1.54) is 0 Å². The minimum Gasteiger partial charge on any atom is -0.483 e. The second kappa shape index (κ2) is 6.13. The lowest BCUT2D eigenvalue weighted by atomic mass is 10.1. The summed E-state index contributed by atoms with van der Waals surface area (Å²) in [6.07, 6.45) is -5.25. The van der Waals surface area contributed by atoms with Crippen LogP contribution in [0.25, 0.3) is 0 Å². The van der Waals surface area contributed by atoms with Gasteiger partial charge in [0.25, 0.3) is 5.78 Å². The first-order chi connectivity index (χ1) is 10.3. The van der Waals surface area contributed by atoms with Crippen LogP contribution in [0.15, 0.2) is 42.5 Å². The van der Waals surface area contributed by atoms with Gasteiger partial charge in [0, 0.05) is 0 Å². The van der Waals surface area contributed by atoms with Crippen molar-refractivity contribution in [2.75, 3.05) is 0 Å². The van der Waals surface area contributed by atoms with E-state index in [0.717, 1.165) is 0 Å². The van der Waals surface area contributed by atoms with Gasteiger partial charge in [-0.15, -0.1) is 0 Å². The van der Waals surface area contributed by atoms with E-state index in [2.05, 4.69) is 0 Å². The maximum absolute atomic E-state index is 13.9. The Bertz CT molecular complexity index is 680. The molecule has 0 unspecified atom stereocenters. The van der Waals surface area contributed by atoms with Crippen LogP contribution in [0.1, 0.15) is 15.9 Å². The molecule has 0 saturated carbocycles. The molecule has 0 spiro atoms. The Balaban J connectivity index is 2.30. The van der Waals surface area contributed by atoms with Crippen molar-refractivity contribution in [1.82, 2.24) is 0 Å². The maximum Gasteiger partial charge on any atom is 0.454 e. The van der Waals surface area contributed by atoms with Crippen LogP contribution in [-0.4, -0.2) is 12.0 Å². The van der Waals surface area contributed by atoms with E-state index in [1.54, 1.807) is 30.3 Å². The van der Waals surface area contributed by atoms with E-state index in [9.17, 15) is 26.7 Å². The SMILES string of the molecule is O=C(c1ccc(F)c(OCc2ccccc2)c1F)C(F)(F)F. The minimum absolute atomic E-state index is 0.252. The second-order valence-corrected chi connectivity index (χ2v) is 4.34. The quantitative estimate of drug-likeness (QED) is 0.621. The summed E-state index contributed by atoms with van der Waals surface area (Å²) in [7, 11) is 0. The highest BCUT2D eigenvalue weighted by Gasteiger charge is 2.41. The number of hydrogen-bond donors (Lipinski definition) is 0. The lowest BCUT2D eigenvalue weighted by Gasteiger charge is -2.12. The van der Waals surface area contributed by atoms with E-state index in [0.29, 0.717) is 17.7 Å². The third-order valence-corrected chi connectivity index (χ3v) is 2.78. The lowest BCUT2D eigenvalue weighted by Crippen LogP contribution is -2.24. The number of Topliss-reactive ketones (excluding diaryl/α,β-unsaturated/α-hetero) is 1. The van der Waals surface area contributed by atoms with Gasteiger partial charge >= 0.3 is 6.18 Å². The third-order valence-electron chi connectivity index (χ3n) is 2.78. The molecule has 0 radical (unpaired) electrons. The average Bonchev–Trinajstić information content (AvgIpc) is 2.46. The molecule has 2 aromatic rings. The van der Waals surface area contributed by atoms with Crippen LogP contribution < -0.4 is 4.74 Å². The highest BCUT2D eigenvalue weighted by atomic mass is 19.4. The number of halogens is 5. The molecular formula is C15H9F5O2. The predicted molar refractivity (Wildman–Crippen MR) is 67.5 cm³/mol. The van der Waals surface area contributed by atoms with Crippen molar-refractivity contribution < 1.29 is 31.5 Å². The normalized spacial score (nSPS) is 11.3. The summed E-state index contributed by atoms with van der Waals surface area (Å²) in [6, 6.07) is 9.26. The number of carbonyl (C=O) groups is 1. The number of ether oxygens (including phenoxy) is 1. The minimum atomic E-state index is -5.25. The Morgan fingerprint density at radius 1 is 1.00 bits per heavy atom. The fraction of sp³-hybridized carbons (Fsp3) is 0.133. The first-order valence-corrected chi connectivity index (χ1v) is 6.07. The van der Waals surface area contributed by atoms with Crippen molar-refractivity contribution in [2.45, 2.75) is 12.8 Å². The van der Waals surface area contributed by atoms with Gasteiger partial charge in [-0.05, 0) is 17.7 Å². The molecule has 0 aliphatic rings. The molecule has 0 N–H and O–H groups in total. The van der Waals surface area contributed by atoms with Gasteiger partial charge < -0.3 is 4.74 Å². The average molecular weight is 316 g/mol. The maximum atomic E-state index is 13.9. The van der Waals surface area contributed by atoms with Gasteiger partial charge in [-0.3, -0.25) is 4.79 Å². The van der Waals surface area contributed by atoms with Crippen molar-refractivity contribution >= 4 is 5.78 Å². The largest absolute Gasteiger partial charge is 0.483 e. The molecule has 7 heteroatoms. The predicted octanol–water partition coefficient (Wildman–Crippen LogP) is 4.29. The molecule has 0 aliphatic heterocycles. The Morgan fingerprint density at radius 3 is 2.23 bits per heavy atom. The van der Waals surface area contributed by atoms with Crippen LogP contribution in [0.5, 0.6) is 5.75 Å². The Hall–Kier alpha value is -2.44. The van der Waals surface area contributed by atoms with E-state index >= 15 is 0 Å². The van der Waals surface area contributed by atoms with E-state index in [-0.39, 0.29) is 6.61 Å². The summed E-state index contributed by atoms with van der Waals surface area (Å²) in [6.45, 7) is -0.252. The molecule has 0 atom stereocenters. The topological polar surface area (TPSA) is 26.3 Å². The molecule has 0 bridgehead atoms. The molecule has 2 rings (SSSR count). The van der Waals surface area contributed by atoms with Gasteiger partial charge in [-0.1, -0.05) is 30.3 Å². The summed E-state index contributed by atoms with van der Waals surface area (Å²) in [4.78, 5) is 11.1. The molecule has 2 nitrogen and oxygen atoms in total. The van der Waals surface area contributed by atoms with Crippen LogP contribution in [0.2, 0.25) is 0 Å². The molecule has 0 aliphatic carbocycles. The van der Waals surface area contributed by atoms with Crippen molar-refractivity contribution in [1.29, 1.82) is 0 Å². The van der Waals surface area contributed by atoms with Crippen molar-refractivity contribution in [3.8, 4) is 5.75 Å². The highest BCUT2D eigenvalue weighted by Crippen LogP contribution is 2.30. The fourth-order valence-corrected chi connectivity index (χ4v) is 1.72. The first kappa shape index (κ1) is 15.9. The Kier molecular flexibility index (Phi) is 4.44. The van der Waals surface area contributed by atoms with Crippen LogP contribution in [0.3, 0.4) is 0 Å². The zero-order valence-electron chi connectivity index (χ0n) is 11.0. The molecule has 116 valence electrons. The number of ketones is 1. The monoisotopic (exact) mass is 316 g/mol. The molecule has 0 heterocycles. The summed E-state index contributed by atoms with van der Waals surface area (Å²) >= 11 is 0. The van der Waals surface area contributed by atoms with Gasteiger partial charge in [0.05, 0.1) is 5.56 Å². The van der Waals surface area contributed by atoms with Crippen LogP contribution in [0, 0.1) is 11.6 Å².